The molecule has 6 heteroatoms. The Balaban J connectivity index is 1.19. The third kappa shape index (κ3) is 4.19. The molecule has 0 spiro atoms. The van der Waals surface area contributed by atoms with Crippen LogP contribution in [0.5, 0.6) is 5.75 Å². The van der Waals surface area contributed by atoms with Crippen molar-refractivity contribution < 1.29 is 28.6 Å². The van der Waals surface area contributed by atoms with E-state index in [1.165, 1.54) is 5.57 Å². The molecule has 3 aromatic rings. The van der Waals surface area contributed by atoms with Crippen molar-refractivity contribution in [3.8, 4) is 28.9 Å². The number of rotatable bonds is 1. The molecule has 232 valence electrons. The molecule has 5 aliphatic rings. The largest absolute Gasteiger partial charge is 0.455 e. The van der Waals surface area contributed by atoms with Gasteiger partial charge in [0.2, 0.25) is 5.79 Å². The second-order valence-corrected chi connectivity index (χ2v) is 15.0. The van der Waals surface area contributed by atoms with Gasteiger partial charge in [-0.2, -0.15) is 0 Å². The maximum Gasteiger partial charge on any atom is 0.345 e. The van der Waals surface area contributed by atoms with Crippen molar-refractivity contribution in [3.05, 3.63) is 65.2 Å². The third-order valence-corrected chi connectivity index (χ3v) is 12.2. The number of allylic oxidation sites excluding steroid dienone is 1. The number of cyclic esters (lactones) is 1. The molecule has 2 heterocycles. The second-order valence-electron chi connectivity index (χ2n) is 15.0. The van der Waals surface area contributed by atoms with E-state index in [0.717, 1.165) is 44.1 Å². The van der Waals surface area contributed by atoms with Crippen LogP contribution in [0.25, 0.3) is 22.3 Å². The molecule has 1 aromatic heterocycles. The van der Waals surface area contributed by atoms with Gasteiger partial charge in [0.05, 0.1) is 5.56 Å². The van der Waals surface area contributed by atoms with Gasteiger partial charge in [-0.05, 0) is 80.3 Å². The fraction of sp³-hybridized carbons (Fsp3) is 0.487. The van der Waals surface area contributed by atoms with Crippen LogP contribution in [0.1, 0.15) is 95.0 Å². The summed E-state index contributed by atoms with van der Waals surface area (Å²) in [6.07, 6.45) is 9.12. The van der Waals surface area contributed by atoms with E-state index < -0.39 is 17.4 Å². The van der Waals surface area contributed by atoms with Crippen LogP contribution in [0.4, 0.5) is 0 Å². The summed E-state index contributed by atoms with van der Waals surface area (Å²) in [5.74, 6) is 8.04. The molecule has 3 saturated carbocycles. The average Bonchev–Trinajstić information content (AvgIpc) is 3.49. The molecule has 4 aliphatic carbocycles. The minimum Gasteiger partial charge on any atom is -0.455 e. The molecule has 2 aromatic carbocycles. The van der Waals surface area contributed by atoms with Gasteiger partial charge < -0.3 is 19.0 Å². The first-order chi connectivity index (χ1) is 21.4. The average molecular weight is 605 g/mol. The maximum absolute atomic E-state index is 13.0. The highest BCUT2D eigenvalue weighted by atomic mass is 16.7. The Hall–Kier alpha value is -3.82. The topological polar surface area (TPSA) is 86.0 Å². The number of ether oxygens (including phenoxy) is 2. The summed E-state index contributed by atoms with van der Waals surface area (Å²) < 4.78 is 17.9. The molecule has 0 bridgehead atoms. The highest BCUT2D eigenvalue weighted by molar-refractivity contribution is 6.01. The van der Waals surface area contributed by atoms with Crippen molar-refractivity contribution in [1.29, 1.82) is 0 Å². The zero-order valence-electron chi connectivity index (χ0n) is 26.5. The van der Waals surface area contributed by atoms with Crippen molar-refractivity contribution >= 4 is 22.7 Å². The monoisotopic (exact) mass is 604 g/mol. The Labute approximate surface area is 264 Å². The fourth-order valence-corrected chi connectivity index (χ4v) is 9.80. The van der Waals surface area contributed by atoms with E-state index in [-0.39, 0.29) is 16.6 Å². The molecule has 6 nitrogen and oxygen atoms in total. The predicted molar refractivity (Wildman–Crippen MR) is 170 cm³/mol. The van der Waals surface area contributed by atoms with Crippen LogP contribution in [0.3, 0.4) is 0 Å². The lowest BCUT2D eigenvalue weighted by Crippen LogP contribution is -2.54. The number of hydrogen-bond donors (Lipinski definition) is 1. The minimum atomic E-state index is -1.15. The minimum absolute atomic E-state index is 0.0874. The molecular weight excluding hydrogens is 564 g/mol. The van der Waals surface area contributed by atoms with Gasteiger partial charge in [0.15, 0.2) is 11.5 Å². The number of fused-ring (bicyclic) bond motifs is 7. The lowest BCUT2D eigenvalue weighted by atomic mass is 9.46. The van der Waals surface area contributed by atoms with Crippen LogP contribution in [0, 0.1) is 40.4 Å². The van der Waals surface area contributed by atoms with Gasteiger partial charge in [-0.3, -0.25) is 4.79 Å². The number of furan rings is 1. The molecule has 1 aliphatic heterocycles. The van der Waals surface area contributed by atoms with E-state index in [1.54, 1.807) is 26.0 Å². The Morgan fingerprint density at radius 1 is 0.889 bits per heavy atom. The van der Waals surface area contributed by atoms with Gasteiger partial charge in [0.1, 0.15) is 22.5 Å². The van der Waals surface area contributed by atoms with Crippen LogP contribution >= 0.6 is 0 Å². The van der Waals surface area contributed by atoms with Gasteiger partial charge in [-0.1, -0.05) is 61.6 Å². The van der Waals surface area contributed by atoms with E-state index in [2.05, 4.69) is 25.7 Å². The normalized spacial score (nSPS) is 34.7. The first kappa shape index (κ1) is 28.6. The van der Waals surface area contributed by atoms with Crippen molar-refractivity contribution in [3.63, 3.8) is 0 Å². The Morgan fingerprint density at radius 2 is 1.67 bits per heavy atom. The summed E-state index contributed by atoms with van der Waals surface area (Å²) in [5, 5.41) is 13.1. The highest BCUT2D eigenvalue weighted by Gasteiger charge is 2.63. The highest BCUT2D eigenvalue weighted by Crippen LogP contribution is 2.67. The number of carbonyl (C=O) groups excluding carboxylic acids is 2. The van der Waals surface area contributed by atoms with Gasteiger partial charge >= 0.3 is 5.97 Å². The zero-order chi connectivity index (χ0) is 31.4. The lowest BCUT2D eigenvalue weighted by Gasteiger charge is -2.58. The SMILES string of the molecule is CC1(C)OC(=O)c2cc3c(C#C[C@]4(O)CC[C@H]5[C@@H]6CCC7=CC(=O)CC[C@]7(C)[C@H]6CC[C@@]54C)c(-c4ccccc4)oc3cc2O1. The van der Waals surface area contributed by atoms with E-state index in [1.807, 2.05) is 36.4 Å². The molecule has 6 atom stereocenters. The van der Waals surface area contributed by atoms with Crippen molar-refractivity contribution in [2.45, 2.75) is 90.4 Å². The van der Waals surface area contributed by atoms with Gasteiger partial charge in [0, 0.05) is 42.7 Å². The molecule has 8 rings (SSSR count). The number of hydrogen-bond acceptors (Lipinski definition) is 6. The number of ketones is 1. The predicted octanol–water partition coefficient (Wildman–Crippen LogP) is 8.00. The maximum atomic E-state index is 13.0. The summed E-state index contributed by atoms with van der Waals surface area (Å²) in [6, 6.07) is 13.3. The summed E-state index contributed by atoms with van der Waals surface area (Å²) in [4.78, 5) is 25.2. The Kier molecular flexibility index (Phi) is 6.11. The first-order valence-corrected chi connectivity index (χ1v) is 16.5. The summed E-state index contributed by atoms with van der Waals surface area (Å²) in [6.45, 7) is 8.05. The second kappa shape index (κ2) is 9.59. The molecular formula is C39H40O6. The van der Waals surface area contributed by atoms with Crippen LogP contribution in [0.2, 0.25) is 0 Å². The number of esters is 1. The molecule has 0 unspecified atom stereocenters. The lowest BCUT2D eigenvalue weighted by molar-refractivity contribution is -0.127. The van der Waals surface area contributed by atoms with Crippen molar-refractivity contribution in [2.75, 3.05) is 0 Å². The summed E-state index contributed by atoms with van der Waals surface area (Å²) in [7, 11) is 0. The smallest absolute Gasteiger partial charge is 0.345 e. The standard InChI is InChI=1S/C39H40O6/c1-36(2)44-33-22-32-28(21-29(33)35(41)45-36)26(34(43-32)23-8-6-5-7-9-23)13-18-39(42)19-15-31-27-11-10-24-20-25(40)12-16-37(24,3)30(27)14-17-38(31,39)4/h5-9,20-22,27,30-31,42H,10-12,14-17,19H2,1-4H3/t27-,30+,31+,37+,38+,39+/m1/s1. The quantitative estimate of drug-likeness (QED) is 0.224. The molecule has 0 radical (unpaired) electrons. The van der Waals surface area contributed by atoms with E-state index in [0.29, 0.717) is 64.2 Å². The van der Waals surface area contributed by atoms with Gasteiger partial charge in [0.25, 0.3) is 0 Å². The summed E-state index contributed by atoms with van der Waals surface area (Å²) >= 11 is 0. The van der Waals surface area contributed by atoms with Crippen molar-refractivity contribution in [1.82, 2.24) is 0 Å². The third-order valence-electron chi connectivity index (χ3n) is 12.2. The zero-order valence-corrected chi connectivity index (χ0v) is 26.5. The molecule has 3 fully saturated rings. The molecule has 45 heavy (non-hydrogen) atoms. The summed E-state index contributed by atoms with van der Waals surface area (Å²) in [5.41, 5.74) is 2.37. The van der Waals surface area contributed by atoms with Gasteiger partial charge in [-0.25, -0.2) is 4.79 Å². The van der Waals surface area contributed by atoms with Crippen molar-refractivity contribution in [2.24, 2.45) is 28.6 Å². The Bertz CT molecular complexity index is 1850. The first-order valence-electron chi connectivity index (χ1n) is 16.5. The van der Waals surface area contributed by atoms with Crippen LogP contribution in [0.15, 0.2) is 58.5 Å². The van der Waals surface area contributed by atoms with Crippen LogP contribution in [-0.2, 0) is 9.53 Å². The van der Waals surface area contributed by atoms with Crippen LogP contribution < -0.4 is 4.74 Å². The molecule has 0 amide bonds. The number of aliphatic hydroxyl groups is 1. The van der Waals surface area contributed by atoms with Crippen LogP contribution in [-0.4, -0.2) is 28.2 Å². The molecule has 1 N–H and O–H groups in total. The number of benzene rings is 2. The fourth-order valence-electron chi connectivity index (χ4n) is 9.80. The van der Waals surface area contributed by atoms with Gasteiger partial charge in [-0.15, -0.1) is 0 Å². The molecule has 0 saturated heterocycles. The van der Waals surface area contributed by atoms with E-state index >= 15 is 0 Å². The van der Waals surface area contributed by atoms with E-state index in [4.69, 9.17) is 13.9 Å². The number of carbonyl (C=O) groups is 2. The van der Waals surface area contributed by atoms with E-state index in [9.17, 15) is 14.7 Å². The Morgan fingerprint density at radius 3 is 2.47 bits per heavy atom.